The van der Waals surface area contributed by atoms with Crippen LogP contribution in [0.15, 0.2) is 29.4 Å². The molecule has 170 valence electrons. The first-order chi connectivity index (χ1) is 15.1. The number of nitrogens with zero attached hydrogens (tertiary/aromatic N) is 4. The van der Waals surface area contributed by atoms with Crippen LogP contribution in [0.5, 0.6) is 0 Å². The van der Waals surface area contributed by atoms with Gasteiger partial charge in [-0.25, -0.2) is 13.4 Å². The van der Waals surface area contributed by atoms with Gasteiger partial charge in [-0.1, -0.05) is 23.2 Å². The van der Waals surface area contributed by atoms with Crippen LogP contribution in [-0.4, -0.2) is 52.1 Å². The Morgan fingerprint density at radius 3 is 2.72 bits per heavy atom. The lowest BCUT2D eigenvalue weighted by Gasteiger charge is -2.15. The maximum absolute atomic E-state index is 13.3. The minimum Gasteiger partial charge on any atom is -0.352 e. The fourth-order valence-corrected chi connectivity index (χ4v) is 5.87. The van der Waals surface area contributed by atoms with Crippen LogP contribution in [0.1, 0.15) is 24.6 Å². The van der Waals surface area contributed by atoms with Crippen LogP contribution in [0, 0.1) is 6.92 Å². The molecule has 3 aromatic rings. The molecule has 2 aromatic heterocycles. The quantitative estimate of drug-likeness (QED) is 0.558. The molecule has 1 aliphatic rings. The van der Waals surface area contributed by atoms with Crippen molar-refractivity contribution in [1.29, 1.82) is 0 Å². The van der Waals surface area contributed by atoms with Gasteiger partial charge >= 0.3 is 0 Å². The summed E-state index contributed by atoms with van der Waals surface area (Å²) in [6.45, 7) is 3.85. The molecule has 32 heavy (non-hydrogen) atoms. The number of nitrogens with two attached hydrogens (primary N) is 1. The molecule has 1 aliphatic heterocycles. The van der Waals surface area contributed by atoms with E-state index in [0.29, 0.717) is 33.4 Å². The zero-order valence-corrected chi connectivity index (χ0v) is 19.8. The smallest absolute Gasteiger partial charge is 0.262 e. The highest BCUT2D eigenvalue weighted by Gasteiger charge is 2.35. The topological polar surface area (TPSA) is 123 Å². The van der Waals surface area contributed by atoms with Crippen molar-refractivity contribution in [2.45, 2.75) is 37.9 Å². The van der Waals surface area contributed by atoms with Gasteiger partial charge in [0.2, 0.25) is 11.7 Å². The average molecular weight is 497 g/mol. The highest BCUT2D eigenvalue weighted by molar-refractivity contribution is 7.89. The van der Waals surface area contributed by atoms with E-state index in [2.05, 4.69) is 15.3 Å². The number of halogens is 2. The van der Waals surface area contributed by atoms with Crippen LogP contribution in [0.2, 0.25) is 10.0 Å². The fourth-order valence-electron chi connectivity index (χ4n) is 3.95. The highest BCUT2D eigenvalue weighted by Crippen LogP contribution is 2.34. The molecule has 1 saturated heterocycles. The number of sulfonamides is 1. The molecule has 0 bridgehead atoms. The van der Waals surface area contributed by atoms with Crippen LogP contribution in [-0.2, 0) is 21.4 Å². The zero-order valence-electron chi connectivity index (χ0n) is 17.5. The van der Waals surface area contributed by atoms with E-state index in [9.17, 15) is 13.2 Å². The summed E-state index contributed by atoms with van der Waals surface area (Å²) in [5, 5.41) is 3.51. The van der Waals surface area contributed by atoms with Gasteiger partial charge in [0, 0.05) is 54.4 Å². The molecule has 1 amide bonds. The summed E-state index contributed by atoms with van der Waals surface area (Å²) in [6, 6.07) is 4.84. The van der Waals surface area contributed by atoms with Gasteiger partial charge in [0.15, 0.2) is 5.03 Å². The summed E-state index contributed by atoms with van der Waals surface area (Å²) < 4.78 is 29.5. The normalized spacial score (nSPS) is 17.2. The molecule has 1 aromatic carbocycles. The van der Waals surface area contributed by atoms with Crippen molar-refractivity contribution in [3.8, 4) is 11.3 Å². The van der Waals surface area contributed by atoms with Gasteiger partial charge in [0.25, 0.3) is 10.0 Å². The number of aromatic nitrogens is 3. The number of carbonyl (C=O) groups is 1. The lowest BCUT2D eigenvalue weighted by atomic mass is 10.0. The van der Waals surface area contributed by atoms with Gasteiger partial charge in [-0.3, -0.25) is 9.20 Å². The van der Waals surface area contributed by atoms with E-state index in [1.54, 1.807) is 29.5 Å². The molecule has 1 unspecified atom stereocenters. The number of carbonyl (C=O) groups excluding carboxylic acids is 1. The summed E-state index contributed by atoms with van der Waals surface area (Å²) in [4.78, 5) is 20.1. The molecule has 3 N–H and O–H groups in total. The minimum absolute atomic E-state index is 0.131. The first kappa shape index (κ1) is 22.9. The molecular weight excluding hydrogens is 475 g/mol. The Balaban J connectivity index is 1.83. The molecule has 3 heterocycles. The van der Waals surface area contributed by atoms with E-state index >= 15 is 0 Å². The summed E-state index contributed by atoms with van der Waals surface area (Å²) in [6.07, 6.45) is 1.97. The number of nitrogens with one attached hydrogen (secondary N) is 1. The van der Waals surface area contributed by atoms with E-state index < -0.39 is 10.0 Å². The summed E-state index contributed by atoms with van der Waals surface area (Å²) in [7, 11) is -3.89. The molecule has 0 radical (unpaired) electrons. The molecule has 4 rings (SSSR count). The minimum atomic E-state index is -3.89. The van der Waals surface area contributed by atoms with Crippen LogP contribution < -0.4 is 11.1 Å². The van der Waals surface area contributed by atoms with Crippen molar-refractivity contribution in [3.63, 3.8) is 0 Å². The predicted octanol–water partition coefficient (Wildman–Crippen LogP) is 2.37. The number of benzene rings is 1. The third-order valence-corrected chi connectivity index (χ3v) is 7.73. The van der Waals surface area contributed by atoms with E-state index in [1.807, 2.05) is 0 Å². The van der Waals surface area contributed by atoms with Crippen LogP contribution >= 0.6 is 23.2 Å². The number of rotatable bonds is 5. The summed E-state index contributed by atoms with van der Waals surface area (Å²) in [5.41, 5.74) is 8.60. The molecule has 1 atom stereocenters. The first-order valence-corrected chi connectivity index (χ1v) is 12.1. The third-order valence-electron chi connectivity index (χ3n) is 5.45. The monoisotopic (exact) mass is 496 g/mol. The van der Waals surface area contributed by atoms with Gasteiger partial charge in [0.05, 0.1) is 16.9 Å². The standard InChI is InChI=1S/C20H22Cl2N6O3S/c1-11-16(8-23)19(15-4-3-13(21)7-17(15)22)28-10-18(26-20(28)24-11)32(30,31)27-6-5-14(9-27)25-12(2)29/h3-4,7,10,14H,5-6,8-9,23H2,1-2H3,(H,25,29). The molecule has 9 nitrogen and oxygen atoms in total. The molecule has 12 heteroatoms. The van der Waals surface area contributed by atoms with Gasteiger partial charge < -0.3 is 11.1 Å². The second-order valence-electron chi connectivity index (χ2n) is 7.65. The highest BCUT2D eigenvalue weighted by atomic mass is 35.5. The number of hydrogen-bond acceptors (Lipinski definition) is 6. The Morgan fingerprint density at radius 2 is 2.06 bits per heavy atom. The van der Waals surface area contributed by atoms with Crippen molar-refractivity contribution in [2.75, 3.05) is 13.1 Å². The van der Waals surface area contributed by atoms with Gasteiger partial charge in [-0.2, -0.15) is 9.29 Å². The number of amides is 1. The third kappa shape index (κ3) is 4.08. The number of imidazole rings is 1. The molecule has 0 aliphatic carbocycles. The molecule has 0 saturated carbocycles. The van der Waals surface area contributed by atoms with Gasteiger partial charge in [-0.05, 0) is 31.5 Å². The van der Waals surface area contributed by atoms with Crippen molar-refractivity contribution < 1.29 is 13.2 Å². The Hall–Kier alpha value is -2.24. The molecule has 0 spiro atoms. The summed E-state index contributed by atoms with van der Waals surface area (Å²) >= 11 is 12.5. The lowest BCUT2D eigenvalue weighted by Crippen LogP contribution is -2.37. The summed E-state index contributed by atoms with van der Waals surface area (Å²) in [5.74, 6) is 0.0253. The fraction of sp³-hybridized carbons (Fsp3) is 0.350. The second-order valence-corrected chi connectivity index (χ2v) is 10.4. The van der Waals surface area contributed by atoms with Crippen LogP contribution in [0.4, 0.5) is 0 Å². The van der Waals surface area contributed by atoms with E-state index in [1.165, 1.54) is 17.4 Å². The van der Waals surface area contributed by atoms with Crippen molar-refractivity contribution in [1.82, 2.24) is 24.0 Å². The maximum atomic E-state index is 13.3. The first-order valence-electron chi connectivity index (χ1n) is 9.93. The van der Waals surface area contributed by atoms with Crippen molar-refractivity contribution in [2.24, 2.45) is 5.73 Å². The maximum Gasteiger partial charge on any atom is 0.262 e. The number of aryl methyl sites for hydroxylation is 1. The van der Waals surface area contributed by atoms with Crippen molar-refractivity contribution >= 4 is 44.9 Å². The lowest BCUT2D eigenvalue weighted by molar-refractivity contribution is -0.119. The Bertz CT molecular complexity index is 1320. The van der Waals surface area contributed by atoms with E-state index in [-0.39, 0.29) is 42.4 Å². The Kier molecular flexibility index (Phi) is 6.17. The molecule has 1 fully saturated rings. The average Bonchev–Trinajstić information content (AvgIpc) is 3.34. The van der Waals surface area contributed by atoms with Gasteiger partial charge in [-0.15, -0.1) is 0 Å². The predicted molar refractivity (Wildman–Crippen MR) is 122 cm³/mol. The number of fused-ring (bicyclic) bond motifs is 1. The van der Waals surface area contributed by atoms with E-state index in [4.69, 9.17) is 28.9 Å². The number of hydrogen-bond donors (Lipinski definition) is 2. The van der Waals surface area contributed by atoms with Crippen molar-refractivity contribution in [3.05, 3.63) is 45.7 Å². The zero-order chi connectivity index (χ0) is 23.2. The van der Waals surface area contributed by atoms with Gasteiger partial charge in [0.1, 0.15) is 0 Å². The van der Waals surface area contributed by atoms with Crippen LogP contribution in [0.25, 0.3) is 17.0 Å². The SMILES string of the molecule is CC(=O)NC1CCN(S(=O)(=O)c2cn3c(-c4ccc(Cl)cc4Cl)c(CN)c(C)nc3n2)C1. The van der Waals surface area contributed by atoms with Crippen LogP contribution in [0.3, 0.4) is 0 Å². The second kappa shape index (κ2) is 8.60. The largest absolute Gasteiger partial charge is 0.352 e. The molecular formula is C20H22Cl2N6O3S. The Morgan fingerprint density at radius 1 is 1.31 bits per heavy atom. The Labute approximate surface area is 195 Å². The van der Waals surface area contributed by atoms with E-state index in [0.717, 1.165) is 5.56 Å².